The van der Waals surface area contributed by atoms with Crippen LogP contribution in [-0.4, -0.2) is 56.5 Å². The van der Waals surface area contributed by atoms with Crippen molar-refractivity contribution >= 4 is 11.8 Å². The van der Waals surface area contributed by atoms with Gasteiger partial charge in [0.15, 0.2) is 0 Å². The zero-order valence-corrected chi connectivity index (χ0v) is 22.2. The van der Waals surface area contributed by atoms with Crippen LogP contribution in [0.1, 0.15) is 101 Å². The number of amides is 2. The predicted molar refractivity (Wildman–Crippen MR) is 142 cm³/mol. The first kappa shape index (κ1) is 30.0. The Morgan fingerprint density at radius 3 is 2.00 bits per heavy atom. The molecule has 1 atom stereocenters. The molecule has 0 heterocycles. The number of nitrogens with zero attached hydrogens (tertiary/aromatic N) is 1. The number of hydrogen-bond acceptors (Lipinski definition) is 4. The van der Waals surface area contributed by atoms with Crippen molar-refractivity contribution in [3.05, 3.63) is 29.8 Å². The Morgan fingerprint density at radius 2 is 1.44 bits per heavy atom. The summed E-state index contributed by atoms with van der Waals surface area (Å²) < 4.78 is 5.83. The second kappa shape index (κ2) is 19.2. The van der Waals surface area contributed by atoms with Gasteiger partial charge in [-0.1, -0.05) is 78.1 Å². The standard InChI is InChI=1S/C28H49N3O3/c1-5-7-8-9-10-11-12-13-14-15-23-34-25-19-17-24(18-20-25)27(32)30-26(16-6-2)28(33)29-21-22-31(3)4/h17-20,26H,5-16,21-23H2,1-4H3,(H,29,33)(H,30,32)/t26-/m0/s1. The molecule has 0 aromatic heterocycles. The number of carbonyl (C=O) groups is 2. The van der Waals surface area contributed by atoms with Crippen molar-refractivity contribution < 1.29 is 14.3 Å². The fourth-order valence-electron chi connectivity index (χ4n) is 3.81. The van der Waals surface area contributed by atoms with Crippen molar-refractivity contribution in [2.75, 3.05) is 33.8 Å². The number of benzene rings is 1. The predicted octanol–water partition coefficient (Wildman–Crippen LogP) is 5.56. The van der Waals surface area contributed by atoms with Crippen molar-refractivity contribution in [3.8, 4) is 5.75 Å². The summed E-state index contributed by atoms with van der Waals surface area (Å²) >= 11 is 0. The Morgan fingerprint density at radius 1 is 0.853 bits per heavy atom. The fraction of sp³-hybridized carbons (Fsp3) is 0.714. The molecule has 6 nitrogen and oxygen atoms in total. The zero-order chi connectivity index (χ0) is 25.0. The van der Waals surface area contributed by atoms with Crippen molar-refractivity contribution in [1.82, 2.24) is 15.5 Å². The molecule has 0 bridgehead atoms. The van der Waals surface area contributed by atoms with Gasteiger partial charge in [0.2, 0.25) is 5.91 Å². The first-order chi connectivity index (χ1) is 16.5. The highest BCUT2D eigenvalue weighted by molar-refractivity contribution is 5.97. The third-order valence-electron chi connectivity index (χ3n) is 5.94. The monoisotopic (exact) mass is 475 g/mol. The quantitative estimate of drug-likeness (QED) is 0.242. The molecule has 0 spiro atoms. The van der Waals surface area contributed by atoms with Crippen LogP contribution in [0.4, 0.5) is 0 Å². The Labute approximate surface area is 208 Å². The minimum Gasteiger partial charge on any atom is -0.494 e. The highest BCUT2D eigenvalue weighted by atomic mass is 16.5. The molecular weight excluding hydrogens is 426 g/mol. The van der Waals surface area contributed by atoms with E-state index in [1.54, 1.807) is 12.1 Å². The lowest BCUT2D eigenvalue weighted by Crippen LogP contribution is -2.47. The number of unbranched alkanes of at least 4 members (excludes halogenated alkanes) is 9. The molecule has 0 aliphatic rings. The molecule has 2 amide bonds. The Hall–Kier alpha value is -2.08. The van der Waals surface area contributed by atoms with E-state index in [0.29, 0.717) is 25.1 Å². The first-order valence-electron chi connectivity index (χ1n) is 13.4. The van der Waals surface area contributed by atoms with E-state index in [1.165, 1.54) is 57.8 Å². The second-order valence-electron chi connectivity index (χ2n) is 9.46. The SMILES string of the molecule is CCCCCCCCCCCCOc1ccc(C(=O)N[C@@H](CCC)C(=O)NCCN(C)C)cc1. The van der Waals surface area contributed by atoms with Crippen LogP contribution in [0.25, 0.3) is 0 Å². The van der Waals surface area contributed by atoms with Crippen LogP contribution in [-0.2, 0) is 4.79 Å². The third-order valence-corrected chi connectivity index (χ3v) is 5.94. The third kappa shape index (κ3) is 14.2. The van der Waals surface area contributed by atoms with Crippen LogP contribution in [0.3, 0.4) is 0 Å². The summed E-state index contributed by atoms with van der Waals surface area (Å²) in [5, 5.41) is 5.78. The normalized spacial score (nSPS) is 11.9. The lowest BCUT2D eigenvalue weighted by atomic mass is 10.1. The van der Waals surface area contributed by atoms with E-state index < -0.39 is 6.04 Å². The van der Waals surface area contributed by atoms with Gasteiger partial charge in [-0.2, -0.15) is 0 Å². The molecular formula is C28H49N3O3. The van der Waals surface area contributed by atoms with Gasteiger partial charge in [-0.15, -0.1) is 0 Å². The van der Waals surface area contributed by atoms with Crippen LogP contribution < -0.4 is 15.4 Å². The Balaban J connectivity index is 2.29. The second-order valence-corrected chi connectivity index (χ2v) is 9.46. The van der Waals surface area contributed by atoms with E-state index in [4.69, 9.17) is 4.74 Å². The summed E-state index contributed by atoms with van der Waals surface area (Å²) in [4.78, 5) is 27.1. The number of hydrogen-bond donors (Lipinski definition) is 2. The molecule has 2 N–H and O–H groups in total. The molecule has 0 saturated carbocycles. The van der Waals surface area contributed by atoms with E-state index in [0.717, 1.165) is 25.1 Å². The van der Waals surface area contributed by atoms with Gasteiger partial charge in [-0.05, 0) is 51.2 Å². The molecule has 0 radical (unpaired) electrons. The van der Waals surface area contributed by atoms with Gasteiger partial charge in [-0.3, -0.25) is 9.59 Å². The molecule has 34 heavy (non-hydrogen) atoms. The minimum absolute atomic E-state index is 0.131. The highest BCUT2D eigenvalue weighted by Crippen LogP contribution is 2.14. The molecule has 1 rings (SSSR count). The van der Waals surface area contributed by atoms with E-state index in [9.17, 15) is 9.59 Å². The summed E-state index contributed by atoms with van der Waals surface area (Å²) in [7, 11) is 3.92. The van der Waals surface area contributed by atoms with Crippen molar-refractivity contribution in [2.24, 2.45) is 0 Å². The molecule has 0 saturated heterocycles. The average Bonchev–Trinajstić information content (AvgIpc) is 2.82. The van der Waals surface area contributed by atoms with Crippen LogP contribution in [0.5, 0.6) is 5.75 Å². The number of likely N-dealkylation sites (N-methyl/N-ethyl adjacent to an activating group) is 1. The molecule has 1 aromatic rings. The Bertz CT molecular complexity index is 661. The number of rotatable bonds is 20. The molecule has 0 aliphatic carbocycles. The van der Waals surface area contributed by atoms with Gasteiger partial charge < -0.3 is 20.3 Å². The van der Waals surface area contributed by atoms with Crippen molar-refractivity contribution in [2.45, 2.75) is 96.9 Å². The van der Waals surface area contributed by atoms with E-state index in [2.05, 4.69) is 17.6 Å². The Kier molecular flexibility index (Phi) is 17.0. The van der Waals surface area contributed by atoms with Crippen LogP contribution in [0.2, 0.25) is 0 Å². The van der Waals surface area contributed by atoms with Crippen LogP contribution in [0, 0.1) is 0 Å². The summed E-state index contributed by atoms with van der Waals surface area (Å²) in [5.41, 5.74) is 0.536. The summed E-state index contributed by atoms with van der Waals surface area (Å²) in [6, 6.07) is 6.66. The average molecular weight is 476 g/mol. The van der Waals surface area contributed by atoms with Crippen LogP contribution in [0.15, 0.2) is 24.3 Å². The van der Waals surface area contributed by atoms with E-state index in [-0.39, 0.29) is 11.8 Å². The van der Waals surface area contributed by atoms with Gasteiger partial charge in [0.05, 0.1) is 6.61 Å². The van der Waals surface area contributed by atoms with E-state index >= 15 is 0 Å². The maximum Gasteiger partial charge on any atom is 0.251 e. The first-order valence-corrected chi connectivity index (χ1v) is 13.4. The number of ether oxygens (including phenoxy) is 1. The molecule has 6 heteroatoms. The molecule has 1 aromatic carbocycles. The molecule has 0 aliphatic heterocycles. The van der Waals surface area contributed by atoms with Gasteiger partial charge in [0.25, 0.3) is 5.91 Å². The lowest BCUT2D eigenvalue weighted by molar-refractivity contribution is -0.123. The summed E-state index contributed by atoms with van der Waals surface area (Å²) in [6.45, 7) is 6.29. The summed E-state index contributed by atoms with van der Waals surface area (Å²) in [5.74, 6) is 0.412. The molecule has 194 valence electrons. The minimum atomic E-state index is -0.521. The molecule has 0 fully saturated rings. The van der Waals surface area contributed by atoms with Gasteiger partial charge in [0, 0.05) is 18.7 Å². The zero-order valence-electron chi connectivity index (χ0n) is 22.2. The van der Waals surface area contributed by atoms with Crippen molar-refractivity contribution in [3.63, 3.8) is 0 Å². The fourth-order valence-corrected chi connectivity index (χ4v) is 3.81. The van der Waals surface area contributed by atoms with E-state index in [1.807, 2.05) is 38.1 Å². The van der Waals surface area contributed by atoms with Gasteiger partial charge >= 0.3 is 0 Å². The summed E-state index contributed by atoms with van der Waals surface area (Å²) in [6.07, 6.45) is 14.5. The maximum atomic E-state index is 12.6. The lowest BCUT2D eigenvalue weighted by Gasteiger charge is -2.19. The topological polar surface area (TPSA) is 70.7 Å². The molecule has 0 unspecified atom stereocenters. The number of carbonyl (C=O) groups excluding carboxylic acids is 2. The van der Waals surface area contributed by atoms with Gasteiger partial charge in [0.1, 0.15) is 11.8 Å². The number of nitrogens with one attached hydrogen (secondary N) is 2. The maximum absolute atomic E-state index is 12.6. The van der Waals surface area contributed by atoms with Crippen LogP contribution >= 0.6 is 0 Å². The smallest absolute Gasteiger partial charge is 0.251 e. The highest BCUT2D eigenvalue weighted by Gasteiger charge is 2.20. The van der Waals surface area contributed by atoms with Gasteiger partial charge in [-0.25, -0.2) is 0 Å². The largest absolute Gasteiger partial charge is 0.494 e. The van der Waals surface area contributed by atoms with Crippen molar-refractivity contribution in [1.29, 1.82) is 0 Å².